The van der Waals surface area contributed by atoms with Crippen LogP contribution < -0.4 is 5.32 Å². The number of aromatic nitrogens is 4. The minimum Gasteiger partial charge on any atom is -0.396 e. The Kier molecular flexibility index (Phi) is 5.78. The van der Waals surface area contributed by atoms with Gasteiger partial charge in [-0.25, -0.2) is 4.68 Å². The summed E-state index contributed by atoms with van der Waals surface area (Å²) in [6.45, 7) is 0.855. The zero-order chi connectivity index (χ0) is 15.8. The molecule has 0 spiro atoms. The second-order valence-electron chi connectivity index (χ2n) is 4.78. The van der Waals surface area contributed by atoms with Crippen LogP contribution >= 0.6 is 0 Å². The molecule has 2 rings (SSSR count). The van der Waals surface area contributed by atoms with Crippen LogP contribution in [0.2, 0.25) is 0 Å². The van der Waals surface area contributed by atoms with Crippen molar-refractivity contribution in [3.8, 4) is 5.69 Å². The fourth-order valence-electron chi connectivity index (χ4n) is 2.06. The Labute approximate surface area is 127 Å². The number of tetrazole rings is 1. The molecule has 9 nitrogen and oxygen atoms in total. The number of nitro benzene ring substituents is 1. The van der Waals surface area contributed by atoms with Gasteiger partial charge in [0, 0.05) is 19.2 Å². The number of anilines is 1. The Morgan fingerprint density at radius 1 is 1.27 bits per heavy atom. The monoisotopic (exact) mass is 306 g/mol. The van der Waals surface area contributed by atoms with Gasteiger partial charge in [0.05, 0.1) is 10.6 Å². The Bertz CT molecular complexity index is 602. The fraction of sp³-hybridized carbons (Fsp3) is 0.462. The molecule has 0 amide bonds. The summed E-state index contributed by atoms with van der Waals surface area (Å²) in [5.74, 6) is 0. The number of hydrogen-bond acceptors (Lipinski definition) is 7. The van der Waals surface area contributed by atoms with Crippen molar-refractivity contribution in [2.45, 2.75) is 25.7 Å². The zero-order valence-corrected chi connectivity index (χ0v) is 12.1. The standard InChI is InChI=1S/C13H18N6O3/c20-8-4-2-1-3-7-14-12-6-5-11(9-13(12)19(21)22)18-10-15-16-17-18/h5-6,9-10,14,20H,1-4,7-8H2. The van der Waals surface area contributed by atoms with Gasteiger partial charge in [0.25, 0.3) is 5.69 Å². The molecule has 0 unspecified atom stereocenters. The summed E-state index contributed by atoms with van der Waals surface area (Å²) < 4.78 is 1.37. The van der Waals surface area contributed by atoms with Crippen LogP contribution in [0.1, 0.15) is 25.7 Å². The van der Waals surface area contributed by atoms with Gasteiger partial charge in [-0.15, -0.1) is 5.10 Å². The predicted molar refractivity (Wildman–Crippen MR) is 79.9 cm³/mol. The van der Waals surface area contributed by atoms with E-state index in [1.807, 2.05) is 0 Å². The van der Waals surface area contributed by atoms with Crippen LogP contribution in [0, 0.1) is 10.1 Å². The number of aliphatic hydroxyl groups is 1. The van der Waals surface area contributed by atoms with Gasteiger partial charge in [0.1, 0.15) is 12.0 Å². The van der Waals surface area contributed by atoms with Gasteiger partial charge in [-0.05, 0) is 35.4 Å². The number of hydrogen-bond donors (Lipinski definition) is 2. The maximum atomic E-state index is 11.2. The first-order valence-electron chi connectivity index (χ1n) is 7.09. The first-order valence-corrected chi connectivity index (χ1v) is 7.09. The molecule has 1 aromatic heterocycles. The van der Waals surface area contributed by atoms with Crippen LogP contribution in [0.25, 0.3) is 5.69 Å². The third-order valence-electron chi connectivity index (χ3n) is 3.19. The first kappa shape index (κ1) is 15.8. The van der Waals surface area contributed by atoms with Gasteiger partial charge in [0.15, 0.2) is 0 Å². The lowest BCUT2D eigenvalue weighted by Gasteiger charge is -2.08. The number of aliphatic hydroxyl groups excluding tert-OH is 1. The summed E-state index contributed by atoms with van der Waals surface area (Å²) in [7, 11) is 0. The van der Waals surface area contributed by atoms with Crippen molar-refractivity contribution < 1.29 is 10.0 Å². The van der Waals surface area contributed by atoms with E-state index in [0.29, 0.717) is 17.9 Å². The van der Waals surface area contributed by atoms with Gasteiger partial charge in [-0.2, -0.15) is 0 Å². The molecule has 0 atom stereocenters. The van der Waals surface area contributed by atoms with Crippen molar-refractivity contribution in [3.63, 3.8) is 0 Å². The van der Waals surface area contributed by atoms with E-state index in [2.05, 4.69) is 20.8 Å². The van der Waals surface area contributed by atoms with Gasteiger partial charge < -0.3 is 10.4 Å². The highest BCUT2D eigenvalue weighted by molar-refractivity contribution is 5.65. The SMILES string of the molecule is O=[N+]([O-])c1cc(-n2cnnn2)ccc1NCCCCCCO. The molecular formula is C13H18N6O3. The smallest absolute Gasteiger partial charge is 0.294 e. The molecule has 9 heteroatoms. The van der Waals surface area contributed by atoms with Gasteiger partial charge in [0.2, 0.25) is 0 Å². The van der Waals surface area contributed by atoms with E-state index < -0.39 is 4.92 Å². The van der Waals surface area contributed by atoms with Crippen molar-refractivity contribution in [2.75, 3.05) is 18.5 Å². The Balaban J connectivity index is 2.00. The summed E-state index contributed by atoms with van der Waals surface area (Å²) in [6.07, 6.45) is 5.00. The summed E-state index contributed by atoms with van der Waals surface area (Å²) in [6, 6.07) is 4.81. The number of nitrogens with one attached hydrogen (secondary N) is 1. The van der Waals surface area contributed by atoms with E-state index in [-0.39, 0.29) is 12.3 Å². The van der Waals surface area contributed by atoms with Crippen molar-refractivity contribution in [3.05, 3.63) is 34.6 Å². The Morgan fingerprint density at radius 3 is 2.77 bits per heavy atom. The average Bonchev–Trinajstić information content (AvgIpc) is 3.05. The van der Waals surface area contributed by atoms with Crippen LogP contribution in [-0.4, -0.2) is 43.4 Å². The molecule has 0 aliphatic heterocycles. The van der Waals surface area contributed by atoms with Gasteiger partial charge >= 0.3 is 0 Å². The number of nitrogens with zero attached hydrogens (tertiary/aromatic N) is 5. The third-order valence-corrected chi connectivity index (χ3v) is 3.19. The molecule has 0 saturated heterocycles. The van der Waals surface area contributed by atoms with Crippen LogP contribution in [0.5, 0.6) is 0 Å². The van der Waals surface area contributed by atoms with Gasteiger partial charge in [-0.3, -0.25) is 10.1 Å². The van der Waals surface area contributed by atoms with E-state index in [1.165, 1.54) is 17.1 Å². The molecule has 0 aliphatic rings. The molecule has 2 aromatic rings. The molecule has 0 saturated carbocycles. The molecular weight excluding hydrogens is 288 g/mol. The van der Waals surface area contributed by atoms with Crippen molar-refractivity contribution in [1.29, 1.82) is 0 Å². The molecule has 0 fully saturated rings. The Morgan fingerprint density at radius 2 is 2.09 bits per heavy atom. The quantitative estimate of drug-likeness (QED) is 0.409. The zero-order valence-electron chi connectivity index (χ0n) is 12.1. The largest absolute Gasteiger partial charge is 0.396 e. The van der Waals surface area contributed by atoms with Crippen molar-refractivity contribution in [1.82, 2.24) is 20.2 Å². The molecule has 0 radical (unpaired) electrons. The lowest BCUT2D eigenvalue weighted by molar-refractivity contribution is -0.383. The number of nitro groups is 1. The lowest BCUT2D eigenvalue weighted by Crippen LogP contribution is -2.05. The molecule has 118 valence electrons. The minimum atomic E-state index is -0.429. The fourth-order valence-corrected chi connectivity index (χ4v) is 2.06. The maximum Gasteiger partial charge on any atom is 0.294 e. The van der Waals surface area contributed by atoms with Crippen LogP contribution in [0.3, 0.4) is 0 Å². The number of rotatable bonds is 9. The highest BCUT2D eigenvalue weighted by atomic mass is 16.6. The van der Waals surface area contributed by atoms with Crippen LogP contribution in [0.4, 0.5) is 11.4 Å². The minimum absolute atomic E-state index is 0.0108. The maximum absolute atomic E-state index is 11.2. The second kappa shape index (κ2) is 8.03. The van der Waals surface area contributed by atoms with Crippen molar-refractivity contribution >= 4 is 11.4 Å². The Hall–Kier alpha value is -2.55. The molecule has 22 heavy (non-hydrogen) atoms. The number of benzene rings is 1. The molecule has 1 aromatic carbocycles. The predicted octanol–water partition coefficient (Wildman–Crippen LogP) is 1.54. The lowest BCUT2D eigenvalue weighted by atomic mass is 10.2. The molecule has 0 bridgehead atoms. The van der Waals surface area contributed by atoms with E-state index in [0.717, 1.165) is 25.7 Å². The second-order valence-corrected chi connectivity index (χ2v) is 4.78. The van der Waals surface area contributed by atoms with E-state index >= 15 is 0 Å². The summed E-state index contributed by atoms with van der Waals surface area (Å²) in [5, 5.41) is 33.7. The third kappa shape index (κ3) is 4.22. The molecule has 2 N–H and O–H groups in total. The van der Waals surface area contributed by atoms with Crippen LogP contribution in [-0.2, 0) is 0 Å². The van der Waals surface area contributed by atoms with E-state index in [9.17, 15) is 10.1 Å². The first-order chi connectivity index (χ1) is 10.7. The molecule has 1 heterocycles. The summed E-state index contributed by atoms with van der Waals surface area (Å²) >= 11 is 0. The van der Waals surface area contributed by atoms with Crippen LogP contribution in [0.15, 0.2) is 24.5 Å². The van der Waals surface area contributed by atoms with Gasteiger partial charge in [-0.1, -0.05) is 12.8 Å². The van der Waals surface area contributed by atoms with Crippen molar-refractivity contribution in [2.24, 2.45) is 0 Å². The van der Waals surface area contributed by atoms with E-state index in [1.54, 1.807) is 12.1 Å². The van der Waals surface area contributed by atoms with E-state index in [4.69, 9.17) is 5.11 Å². The highest BCUT2D eigenvalue weighted by Gasteiger charge is 2.15. The number of unbranched alkanes of at least 4 members (excludes halogenated alkanes) is 3. The summed E-state index contributed by atoms with van der Waals surface area (Å²) in [5.41, 5.74) is 0.998. The highest BCUT2D eigenvalue weighted by Crippen LogP contribution is 2.26. The average molecular weight is 306 g/mol. The topological polar surface area (TPSA) is 119 Å². The summed E-state index contributed by atoms with van der Waals surface area (Å²) in [4.78, 5) is 10.8. The normalized spacial score (nSPS) is 10.6. The molecule has 0 aliphatic carbocycles.